The molecule has 1 N–H and O–H groups in total. The smallest absolute Gasteiger partial charge is 0.0211 e. The fourth-order valence-electron chi connectivity index (χ4n) is 3.63. The monoisotopic (exact) mass is 227 g/mol. The molecule has 0 atom stereocenters. The molecule has 17 heavy (non-hydrogen) atoms. The van der Waals surface area contributed by atoms with Crippen molar-refractivity contribution in [3.63, 3.8) is 0 Å². The number of benzene rings is 1. The molecule has 0 bridgehead atoms. The predicted molar refractivity (Wildman–Crippen MR) is 70.2 cm³/mol. The third-order valence-corrected chi connectivity index (χ3v) is 4.88. The summed E-state index contributed by atoms with van der Waals surface area (Å²) in [6, 6.07) is 7.82. The van der Waals surface area contributed by atoms with E-state index in [9.17, 15) is 0 Å². The first-order valence-electron chi connectivity index (χ1n) is 7.22. The van der Waals surface area contributed by atoms with Crippen LogP contribution in [0.5, 0.6) is 0 Å². The average molecular weight is 227 g/mol. The Bertz CT molecular complexity index is 441. The lowest BCUT2D eigenvalue weighted by molar-refractivity contribution is 0.531. The van der Waals surface area contributed by atoms with Gasteiger partial charge in [-0.25, -0.2) is 0 Å². The van der Waals surface area contributed by atoms with Gasteiger partial charge in [0.1, 0.15) is 0 Å². The summed E-state index contributed by atoms with van der Waals surface area (Å²) in [5, 5.41) is 3.69. The van der Waals surface area contributed by atoms with E-state index in [1.54, 1.807) is 16.7 Å². The maximum atomic E-state index is 3.69. The molecular weight excluding hydrogens is 206 g/mol. The van der Waals surface area contributed by atoms with Crippen molar-refractivity contribution < 1.29 is 0 Å². The number of hydrogen-bond donors (Lipinski definition) is 1. The lowest BCUT2D eigenvalue weighted by atomic mass is 9.77. The van der Waals surface area contributed by atoms with Gasteiger partial charge in [-0.3, -0.25) is 0 Å². The van der Waals surface area contributed by atoms with Crippen LogP contribution in [0.2, 0.25) is 0 Å². The Hall–Kier alpha value is -0.820. The van der Waals surface area contributed by atoms with E-state index in [0.717, 1.165) is 12.6 Å². The minimum Gasteiger partial charge on any atom is -0.310 e. The highest BCUT2D eigenvalue weighted by atomic mass is 14.9. The van der Waals surface area contributed by atoms with E-state index in [0.29, 0.717) is 5.41 Å². The van der Waals surface area contributed by atoms with Gasteiger partial charge in [-0.05, 0) is 67.1 Å². The molecule has 0 radical (unpaired) electrons. The lowest BCUT2D eigenvalue weighted by Crippen LogP contribution is -2.22. The molecule has 0 unspecified atom stereocenters. The van der Waals surface area contributed by atoms with Crippen LogP contribution in [-0.4, -0.2) is 6.04 Å². The molecule has 90 valence electrons. The maximum absolute atomic E-state index is 3.69. The molecule has 1 aromatic carbocycles. The van der Waals surface area contributed by atoms with Crippen LogP contribution in [0.4, 0.5) is 0 Å². The minimum absolute atomic E-state index is 0.620. The van der Waals surface area contributed by atoms with E-state index >= 15 is 0 Å². The Labute approximate surface area is 104 Å². The molecule has 0 saturated heterocycles. The van der Waals surface area contributed by atoms with E-state index in [1.165, 1.54) is 44.9 Å². The van der Waals surface area contributed by atoms with Gasteiger partial charge in [-0.1, -0.05) is 18.2 Å². The topological polar surface area (TPSA) is 12.0 Å². The summed E-state index contributed by atoms with van der Waals surface area (Å²) in [6.45, 7) is 1.11. The number of hydrogen-bond acceptors (Lipinski definition) is 1. The molecule has 1 heteroatoms. The highest BCUT2D eigenvalue weighted by Crippen LogP contribution is 2.56. The molecule has 3 aliphatic carbocycles. The summed E-state index contributed by atoms with van der Waals surface area (Å²) in [6.07, 6.45) is 9.84. The second-order valence-corrected chi connectivity index (χ2v) is 6.24. The second kappa shape index (κ2) is 3.58. The summed E-state index contributed by atoms with van der Waals surface area (Å²) in [4.78, 5) is 0. The highest BCUT2D eigenvalue weighted by Gasteiger charge is 2.47. The minimum atomic E-state index is 0.620. The van der Waals surface area contributed by atoms with Crippen molar-refractivity contribution in [1.29, 1.82) is 0 Å². The van der Waals surface area contributed by atoms with Crippen LogP contribution >= 0.6 is 0 Å². The second-order valence-electron chi connectivity index (χ2n) is 6.24. The third kappa shape index (κ3) is 1.72. The van der Waals surface area contributed by atoms with Crippen LogP contribution < -0.4 is 5.32 Å². The number of fused-ring (bicyclic) bond motifs is 2. The zero-order chi connectivity index (χ0) is 11.3. The van der Waals surface area contributed by atoms with Crippen molar-refractivity contribution in [3.8, 4) is 0 Å². The Morgan fingerprint density at radius 2 is 2.06 bits per heavy atom. The van der Waals surface area contributed by atoms with Crippen LogP contribution in [0, 0.1) is 0 Å². The molecule has 1 nitrogen and oxygen atoms in total. The molecule has 0 aliphatic heterocycles. The Balaban J connectivity index is 1.68. The van der Waals surface area contributed by atoms with E-state index < -0.39 is 0 Å². The highest BCUT2D eigenvalue weighted by molar-refractivity contribution is 5.46. The fraction of sp³-hybridized carbons (Fsp3) is 0.625. The van der Waals surface area contributed by atoms with E-state index in [2.05, 4.69) is 23.5 Å². The van der Waals surface area contributed by atoms with E-state index in [-0.39, 0.29) is 0 Å². The number of rotatable bonds is 3. The van der Waals surface area contributed by atoms with E-state index in [4.69, 9.17) is 0 Å². The lowest BCUT2D eigenvalue weighted by Gasteiger charge is -2.28. The van der Waals surface area contributed by atoms with Gasteiger partial charge in [0.2, 0.25) is 0 Å². The molecule has 2 saturated carbocycles. The van der Waals surface area contributed by atoms with Gasteiger partial charge in [0, 0.05) is 12.6 Å². The molecule has 0 aromatic heterocycles. The van der Waals surface area contributed by atoms with Gasteiger partial charge in [0.25, 0.3) is 0 Å². The maximum Gasteiger partial charge on any atom is 0.0211 e. The molecule has 4 rings (SSSR count). The zero-order valence-electron chi connectivity index (χ0n) is 10.5. The molecule has 1 aromatic rings. The average Bonchev–Trinajstić information content (AvgIpc) is 3.23. The van der Waals surface area contributed by atoms with Gasteiger partial charge >= 0.3 is 0 Å². The zero-order valence-corrected chi connectivity index (χ0v) is 10.5. The molecular formula is C16H21N. The van der Waals surface area contributed by atoms with Gasteiger partial charge in [0.05, 0.1) is 0 Å². The van der Waals surface area contributed by atoms with Crippen LogP contribution in [0.3, 0.4) is 0 Å². The van der Waals surface area contributed by atoms with Crippen LogP contribution in [0.15, 0.2) is 18.2 Å². The van der Waals surface area contributed by atoms with Crippen molar-refractivity contribution in [3.05, 3.63) is 34.9 Å². The summed E-state index contributed by atoms with van der Waals surface area (Å²) in [5.41, 5.74) is 5.63. The molecule has 1 spiro atoms. The SMILES string of the molecule is c1cc2c(c(CNC3CC3)c1)C1(CCC2)CC1. The standard InChI is InChI=1S/C16H21N/c1-3-12-5-2-8-16(9-10-16)15(12)13(4-1)11-17-14-6-7-14/h1,3-4,14,17H,2,5-11H2. The first kappa shape index (κ1) is 10.1. The summed E-state index contributed by atoms with van der Waals surface area (Å²) in [5.74, 6) is 0. The largest absolute Gasteiger partial charge is 0.310 e. The number of aryl methyl sites for hydroxylation is 1. The van der Waals surface area contributed by atoms with E-state index in [1.807, 2.05) is 0 Å². The van der Waals surface area contributed by atoms with Crippen molar-refractivity contribution >= 4 is 0 Å². The van der Waals surface area contributed by atoms with Crippen molar-refractivity contribution in [2.24, 2.45) is 0 Å². The first-order valence-corrected chi connectivity index (χ1v) is 7.22. The van der Waals surface area contributed by atoms with Gasteiger partial charge in [-0.15, -0.1) is 0 Å². The predicted octanol–water partition coefficient (Wildman–Crippen LogP) is 3.31. The molecule has 3 aliphatic rings. The van der Waals surface area contributed by atoms with Crippen molar-refractivity contribution in [1.82, 2.24) is 5.32 Å². The Morgan fingerprint density at radius 1 is 1.18 bits per heavy atom. The van der Waals surface area contributed by atoms with Gasteiger partial charge in [0.15, 0.2) is 0 Å². The summed E-state index contributed by atoms with van der Waals surface area (Å²) >= 11 is 0. The molecule has 0 heterocycles. The quantitative estimate of drug-likeness (QED) is 0.835. The number of nitrogens with one attached hydrogen (secondary N) is 1. The first-order chi connectivity index (χ1) is 8.37. The fourth-order valence-corrected chi connectivity index (χ4v) is 3.63. The Kier molecular flexibility index (Phi) is 2.14. The van der Waals surface area contributed by atoms with Crippen LogP contribution in [0.1, 0.15) is 55.2 Å². The normalized spacial score (nSPS) is 24.7. The summed E-state index contributed by atoms with van der Waals surface area (Å²) < 4.78 is 0. The van der Waals surface area contributed by atoms with Crippen LogP contribution in [-0.2, 0) is 18.4 Å². The van der Waals surface area contributed by atoms with Crippen molar-refractivity contribution in [2.45, 2.75) is 62.9 Å². The summed E-state index contributed by atoms with van der Waals surface area (Å²) in [7, 11) is 0. The third-order valence-electron chi connectivity index (χ3n) is 4.88. The van der Waals surface area contributed by atoms with Crippen LogP contribution in [0.25, 0.3) is 0 Å². The molecule has 2 fully saturated rings. The Morgan fingerprint density at radius 3 is 2.82 bits per heavy atom. The molecule has 0 amide bonds. The van der Waals surface area contributed by atoms with Gasteiger partial charge < -0.3 is 5.32 Å². The van der Waals surface area contributed by atoms with Crippen molar-refractivity contribution in [2.75, 3.05) is 0 Å². The van der Waals surface area contributed by atoms with Gasteiger partial charge in [-0.2, -0.15) is 0 Å².